The van der Waals surface area contributed by atoms with Gasteiger partial charge < -0.3 is 28.5 Å². The number of hydroxylamine groups is 2. The molecular formula is C49H55N3O10S. The smallest absolute Gasteiger partial charge is 0.333 e. The lowest BCUT2D eigenvalue weighted by atomic mass is 9.81. The number of unbranched alkanes of at least 4 members (excludes halogenated alkanes) is 2. The molecule has 0 unspecified atom stereocenters. The topological polar surface area (TPSA) is 155 Å². The van der Waals surface area contributed by atoms with E-state index in [0.717, 1.165) is 50.7 Å². The fraction of sp³-hybridized carbons (Fsp3) is 0.388. The molecule has 1 fully saturated rings. The Morgan fingerprint density at radius 2 is 1.68 bits per heavy atom. The van der Waals surface area contributed by atoms with Crippen LogP contribution in [0, 0.1) is 0 Å². The summed E-state index contributed by atoms with van der Waals surface area (Å²) in [7, 11) is -3.04. The molecular weight excluding hydrogens is 823 g/mol. The maximum absolute atomic E-state index is 12.4. The van der Waals surface area contributed by atoms with Crippen LogP contribution < -0.4 is 9.64 Å². The number of benzene rings is 3. The van der Waals surface area contributed by atoms with Gasteiger partial charge >= 0.3 is 5.97 Å². The second kappa shape index (κ2) is 18.6. The average Bonchev–Trinajstić information content (AvgIpc) is 3.66. The van der Waals surface area contributed by atoms with Gasteiger partial charge in [-0.15, -0.1) is 5.06 Å². The normalized spacial score (nSPS) is 18.4. The van der Waals surface area contributed by atoms with E-state index in [-0.39, 0.29) is 29.7 Å². The molecule has 4 aliphatic heterocycles. The van der Waals surface area contributed by atoms with E-state index in [1.807, 2.05) is 62.4 Å². The molecule has 0 spiro atoms. The van der Waals surface area contributed by atoms with E-state index >= 15 is 0 Å². The molecule has 0 aliphatic carbocycles. The van der Waals surface area contributed by atoms with Crippen molar-refractivity contribution in [2.24, 2.45) is 0 Å². The molecule has 3 aromatic rings. The van der Waals surface area contributed by atoms with Gasteiger partial charge in [-0.25, -0.2) is 13.2 Å². The van der Waals surface area contributed by atoms with Gasteiger partial charge in [0.2, 0.25) is 5.69 Å². The van der Waals surface area contributed by atoms with Gasteiger partial charge in [0.1, 0.15) is 28.2 Å². The molecule has 63 heavy (non-hydrogen) atoms. The predicted molar refractivity (Wildman–Crippen MR) is 239 cm³/mol. The maximum atomic E-state index is 12.4. The van der Waals surface area contributed by atoms with Crippen LogP contribution in [0.3, 0.4) is 0 Å². The zero-order chi connectivity index (χ0) is 45.1. The Balaban J connectivity index is 1.21. The van der Waals surface area contributed by atoms with Crippen molar-refractivity contribution in [3.63, 3.8) is 0 Å². The molecule has 0 aromatic heterocycles. The summed E-state index contributed by atoms with van der Waals surface area (Å²) in [4.78, 5) is 43.3. The molecule has 7 rings (SSSR count). The quantitative estimate of drug-likeness (QED) is 0.0563. The molecule has 1 saturated heterocycles. The van der Waals surface area contributed by atoms with Crippen molar-refractivity contribution >= 4 is 61.9 Å². The third-order valence-corrected chi connectivity index (χ3v) is 12.8. The van der Waals surface area contributed by atoms with E-state index in [1.165, 1.54) is 12.1 Å². The van der Waals surface area contributed by atoms with Crippen molar-refractivity contribution in [2.45, 2.75) is 89.0 Å². The van der Waals surface area contributed by atoms with Crippen LogP contribution in [0.4, 0.5) is 11.4 Å². The van der Waals surface area contributed by atoms with Gasteiger partial charge in [0.25, 0.3) is 11.8 Å². The number of hydrogen-bond acceptors (Lipinski definition) is 11. The lowest BCUT2D eigenvalue weighted by molar-refractivity contribution is -0.438. The van der Waals surface area contributed by atoms with Crippen molar-refractivity contribution in [2.75, 3.05) is 44.9 Å². The molecule has 0 radical (unpaired) electrons. The summed E-state index contributed by atoms with van der Waals surface area (Å²) < 4.78 is 56.4. The number of imide groups is 1. The number of ether oxygens (including phenoxy) is 3. The minimum absolute atomic E-state index is 0.0309. The fourth-order valence-electron chi connectivity index (χ4n) is 8.79. The van der Waals surface area contributed by atoms with Gasteiger partial charge in [-0.3, -0.25) is 9.59 Å². The lowest BCUT2D eigenvalue weighted by Crippen LogP contribution is -2.46. The summed E-state index contributed by atoms with van der Waals surface area (Å²) in [6.07, 6.45) is 12.3. The minimum Gasteiger partial charge on any atom is -0.744 e. The molecule has 0 atom stereocenters. The van der Waals surface area contributed by atoms with Gasteiger partial charge in [-0.2, -0.15) is 4.58 Å². The van der Waals surface area contributed by atoms with Crippen LogP contribution in [0.5, 0.6) is 5.75 Å². The minimum atomic E-state index is -4.71. The number of hydrogen-bond donors (Lipinski definition) is 0. The van der Waals surface area contributed by atoms with Crippen molar-refractivity contribution in [3.05, 3.63) is 113 Å². The van der Waals surface area contributed by atoms with E-state index in [4.69, 9.17) is 19.0 Å². The highest BCUT2D eigenvalue weighted by atomic mass is 32.2. The number of anilines is 1. The largest absolute Gasteiger partial charge is 0.744 e. The third-order valence-electron chi connectivity index (χ3n) is 12.0. The monoisotopic (exact) mass is 877 g/mol. The van der Waals surface area contributed by atoms with Gasteiger partial charge in [0.15, 0.2) is 5.71 Å². The summed E-state index contributed by atoms with van der Waals surface area (Å²) in [5.41, 5.74) is 7.55. The lowest BCUT2D eigenvalue weighted by Gasteiger charge is -2.44. The highest BCUT2D eigenvalue weighted by Crippen LogP contribution is 2.47. The second-order valence-electron chi connectivity index (χ2n) is 17.2. The van der Waals surface area contributed by atoms with Crippen LogP contribution >= 0.6 is 0 Å². The number of carbonyl (C=O) groups is 3. The number of allylic oxidation sites excluding steroid dienone is 6. The summed E-state index contributed by atoms with van der Waals surface area (Å²) >= 11 is 0. The first-order valence-electron chi connectivity index (χ1n) is 21.4. The number of methoxy groups -OCH3 is 1. The van der Waals surface area contributed by atoms with Crippen LogP contribution in [0.2, 0.25) is 0 Å². The van der Waals surface area contributed by atoms with Gasteiger partial charge in [-0.1, -0.05) is 48.6 Å². The molecule has 2 amide bonds. The molecule has 13 nitrogen and oxygen atoms in total. The first-order valence-corrected chi connectivity index (χ1v) is 22.8. The molecule has 0 N–H and O–H groups in total. The van der Waals surface area contributed by atoms with Crippen molar-refractivity contribution in [1.29, 1.82) is 0 Å². The third kappa shape index (κ3) is 9.79. The first-order chi connectivity index (χ1) is 30.0. The Kier molecular flexibility index (Phi) is 13.4. The van der Waals surface area contributed by atoms with Crippen LogP contribution in [0.25, 0.3) is 16.9 Å². The van der Waals surface area contributed by atoms with E-state index in [0.29, 0.717) is 68.6 Å². The van der Waals surface area contributed by atoms with E-state index in [2.05, 4.69) is 54.5 Å². The molecule has 4 heterocycles. The number of nitrogens with zero attached hydrogens (tertiary/aromatic N) is 3. The summed E-state index contributed by atoms with van der Waals surface area (Å²) in [5, 5.41) is 0.561. The van der Waals surface area contributed by atoms with Crippen LogP contribution in [0.1, 0.15) is 95.4 Å². The predicted octanol–water partition coefficient (Wildman–Crippen LogP) is 7.87. The second-order valence-corrected chi connectivity index (χ2v) is 18.6. The standard InChI is InChI=1S/C49H55N3O10S/c1-33-32-48(2,3)51(24-25-60-27-26-59-6)41-31-43-38(30-37(33)41)35(28-42(61-43)34-14-9-7-10-15-34)16-13-17-44-49(4,5)39-29-36(63(56,57)58)19-20-40(39)50(44)23-12-8-11-18-47(55)62-52-45(53)21-22-46(52)54/h7,9-10,13-17,19-20,28-32H,8,11-12,18,21-27H2,1-6H3. The van der Waals surface area contributed by atoms with Crippen LogP contribution in [-0.4, -0.2) is 91.7 Å². The molecule has 0 bridgehead atoms. The van der Waals surface area contributed by atoms with Crippen molar-refractivity contribution < 1.29 is 51.0 Å². The summed E-state index contributed by atoms with van der Waals surface area (Å²) in [6, 6.07) is 18.8. The molecule has 332 valence electrons. The van der Waals surface area contributed by atoms with Gasteiger partial charge in [0.05, 0.1) is 35.7 Å². The average molecular weight is 878 g/mol. The molecule has 14 heteroatoms. The van der Waals surface area contributed by atoms with Crippen molar-refractivity contribution in [1.82, 2.24) is 5.06 Å². The Morgan fingerprint density at radius 1 is 0.937 bits per heavy atom. The Labute approximate surface area is 369 Å². The van der Waals surface area contributed by atoms with Gasteiger partial charge in [0, 0.05) is 85.5 Å². The van der Waals surface area contributed by atoms with E-state index in [1.54, 1.807) is 13.2 Å². The number of fused-ring (bicyclic) bond motifs is 3. The summed E-state index contributed by atoms with van der Waals surface area (Å²) in [5.74, 6) is -0.250. The van der Waals surface area contributed by atoms with Crippen LogP contribution in [-0.2, 0) is 44.2 Å². The van der Waals surface area contributed by atoms with E-state index < -0.39 is 33.3 Å². The number of amides is 2. The maximum Gasteiger partial charge on any atom is 0.333 e. The zero-order valence-electron chi connectivity index (χ0n) is 36.8. The van der Waals surface area contributed by atoms with E-state index in [9.17, 15) is 27.4 Å². The SMILES string of the molecule is COCCOCCN1c2cc3c(cc2C(C)=CC1(C)C)/C(=C/C=C/C1=[N+](CCCCCC(=O)ON2C(=O)CCC2=O)c2ccc(S(=O)(=O)[O-])cc2C1(C)C)C=C(c1ccccc1)O3. The first kappa shape index (κ1) is 45.4. The highest BCUT2D eigenvalue weighted by molar-refractivity contribution is 7.85. The number of carbonyl (C=O) groups excluding carboxylic acids is 3. The molecule has 4 aliphatic rings. The molecule has 0 saturated carbocycles. The Bertz CT molecular complexity index is 2550. The van der Waals surface area contributed by atoms with Crippen LogP contribution in [0.15, 0.2) is 95.9 Å². The highest BCUT2D eigenvalue weighted by Gasteiger charge is 2.44. The summed E-state index contributed by atoms with van der Waals surface area (Å²) in [6.45, 7) is 13.3. The fourth-order valence-corrected chi connectivity index (χ4v) is 9.28. The van der Waals surface area contributed by atoms with Crippen molar-refractivity contribution in [3.8, 4) is 5.75 Å². The number of rotatable bonds is 17. The Morgan fingerprint density at radius 3 is 2.40 bits per heavy atom. The molecule has 3 aromatic carbocycles. The van der Waals surface area contributed by atoms with Gasteiger partial charge in [-0.05, 0) is 82.9 Å². The zero-order valence-corrected chi connectivity index (χ0v) is 37.6. The Hall–Kier alpha value is -5.67.